The summed E-state index contributed by atoms with van der Waals surface area (Å²) in [7, 11) is 0. The highest BCUT2D eigenvalue weighted by molar-refractivity contribution is 9.13. The van der Waals surface area contributed by atoms with Crippen molar-refractivity contribution in [3.63, 3.8) is 0 Å². The molecule has 0 saturated carbocycles. The van der Waals surface area contributed by atoms with Crippen LogP contribution in [0.15, 0.2) is 103 Å². The predicted octanol–water partition coefficient (Wildman–Crippen LogP) is 10.6. The molecule has 4 aromatic rings. The van der Waals surface area contributed by atoms with Gasteiger partial charge < -0.3 is 9.47 Å². The van der Waals surface area contributed by atoms with Crippen LogP contribution in [-0.2, 0) is 5.41 Å². The monoisotopic (exact) mass is 692 g/mol. The van der Waals surface area contributed by atoms with Gasteiger partial charge in [0.25, 0.3) is 0 Å². The molecule has 0 amide bonds. The molecule has 0 atom stereocenters. The summed E-state index contributed by atoms with van der Waals surface area (Å²) >= 11 is 14.1. The van der Waals surface area contributed by atoms with Gasteiger partial charge in [-0.1, -0.05) is 50.2 Å². The molecule has 4 rings (SSSR count). The molecule has 33 heavy (non-hydrogen) atoms. The van der Waals surface area contributed by atoms with Crippen molar-refractivity contribution in [2.75, 3.05) is 0 Å². The van der Waals surface area contributed by atoms with E-state index < -0.39 is 0 Å². The van der Waals surface area contributed by atoms with E-state index in [1.165, 1.54) is 11.1 Å². The van der Waals surface area contributed by atoms with Gasteiger partial charge in [-0.05, 0) is 123 Å². The predicted molar refractivity (Wildman–Crippen MR) is 149 cm³/mol. The first-order valence-corrected chi connectivity index (χ1v) is 13.4. The van der Waals surface area contributed by atoms with E-state index in [-0.39, 0.29) is 5.41 Å². The van der Waals surface area contributed by atoms with Crippen LogP contribution in [0.2, 0.25) is 0 Å². The highest BCUT2D eigenvalue weighted by Crippen LogP contribution is 2.38. The van der Waals surface area contributed by atoms with Crippen LogP contribution in [0.25, 0.3) is 0 Å². The maximum Gasteiger partial charge on any atom is 0.142 e. The molecule has 0 bridgehead atoms. The van der Waals surface area contributed by atoms with Crippen LogP contribution >= 0.6 is 63.7 Å². The number of ether oxygens (including phenoxy) is 2. The summed E-state index contributed by atoms with van der Waals surface area (Å²) in [4.78, 5) is 0. The lowest BCUT2D eigenvalue weighted by atomic mass is 9.78. The molecule has 0 saturated heterocycles. The van der Waals surface area contributed by atoms with Crippen molar-refractivity contribution in [3.8, 4) is 23.0 Å². The van der Waals surface area contributed by atoms with Gasteiger partial charge in [0.05, 0.1) is 8.95 Å². The molecule has 0 aliphatic rings. The van der Waals surface area contributed by atoms with Gasteiger partial charge in [0.2, 0.25) is 0 Å². The lowest BCUT2D eigenvalue weighted by Crippen LogP contribution is -2.18. The molecule has 0 spiro atoms. The van der Waals surface area contributed by atoms with Gasteiger partial charge in [-0.2, -0.15) is 0 Å². The van der Waals surface area contributed by atoms with Crippen molar-refractivity contribution >= 4 is 63.7 Å². The zero-order valence-corrected chi connectivity index (χ0v) is 24.3. The first kappa shape index (κ1) is 24.5. The Bertz CT molecular complexity index is 1170. The Morgan fingerprint density at radius 1 is 0.515 bits per heavy atom. The Labute approximate surface area is 227 Å². The van der Waals surface area contributed by atoms with Crippen molar-refractivity contribution in [1.82, 2.24) is 0 Å². The Hall–Kier alpha value is -1.60. The largest absolute Gasteiger partial charge is 0.456 e. The molecule has 4 aromatic carbocycles. The quantitative estimate of drug-likeness (QED) is 0.200. The fraction of sp³-hybridized carbons (Fsp3) is 0.111. The average Bonchev–Trinajstić information content (AvgIpc) is 2.81. The number of benzene rings is 4. The van der Waals surface area contributed by atoms with E-state index in [9.17, 15) is 0 Å². The molecule has 0 N–H and O–H groups in total. The number of hydrogen-bond donors (Lipinski definition) is 0. The third-order valence-electron chi connectivity index (χ3n) is 5.44. The Morgan fingerprint density at radius 3 is 1.24 bits per heavy atom. The molecule has 2 nitrogen and oxygen atoms in total. The SMILES string of the molecule is CC(C)(c1ccc(Oc2cccc(Br)c2Br)cc1)c1ccc(Oc2cccc(Br)c2Br)cc1. The van der Waals surface area contributed by atoms with Crippen LogP contribution in [0.1, 0.15) is 25.0 Å². The van der Waals surface area contributed by atoms with Crippen molar-refractivity contribution in [3.05, 3.63) is 114 Å². The fourth-order valence-electron chi connectivity index (χ4n) is 3.43. The first-order chi connectivity index (χ1) is 15.8. The summed E-state index contributed by atoms with van der Waals surface area (Å²) in [6.07, 6.45) is 0. The van der Waals surface area contributed by atoms with Crippen LogP contribution in [0.3, 0.4) is 0 Å². The van der Waals surface area contributed by atoms with Crippen LogP contribution < -0.4 is 9.47 Å². The third-order valence-corrected chi connectivity index (χ3v) is 9.46. The van der Waals surface area contributed by atoms with Gasteiger partial charge in [-0.25, -0.2) is 0 Å². The van der Waals surface area contributed by atoms with Gasteiger partial charge in [0.15, 0.2) is 0 Å². The molecule has 6 heteroatoms. The van der Waals surface area contributed by atoms with Crippen LogP contribution in [-0.4, -0.2) is 0 Å². The molecule has 0 unspecified atom stereocenters. The molecule has 0 aromatic heterocycles. The Balaban J connectivity index is 1.50. The second kappa shape index (κ2) is 10.3. The Kier molecular flexibility index (Phi) is 7.69. The van der Waals surface area contributed by atoms with Gasteiger partial charge in [-0.15, -0.1) is 0 Å². The second-order valence-corrected chi connectivity index (χ2v) is 11.3. The van der Waals surface area contributed by atoms with E-state index in [1.807, 2.05) is 60.7 Å². The van der Waals surface area contributed by atoms with Crippen LogP contribution in [0.4, 0.5) is 0 Å². The number of halogens is 4. The molecule has 0 aliphatic heterocycles. The molecule has 168 valence electrons. The maximum absolute atomic E-state index is 6.05. The minimum absolute atomic E-state index is 0.177. The van der Waals surface area contributed by atoms with Gasteiger partial charge in [-0.3, -0.25) is 0 Å². The van der Waals surface area contributed by atoms with Crippen LogP contribution in [0, 0.1) is 0 Å². The van der Waals surface area contributed by atoms with Gasteiger partial charge >= 0.3 is 0 Å². The van der Waals surface area contributed by atoms with E-state index >= 15 is 0 Å². The van der Waals surface area contributed by atoms with E-state index in [0.717, 1.165) is 40.9 Å². The van der Waals surface area contributed by atoms with Gasteiger partial charge in [0.1, 0.15) is 23.0 Å². The zero-order chi connectivity index (χ0) is 23.6. The number of hydrogen-bond acceptors (Lipinski definition) is 2. The molecule has 0 radical (unpaired) electrons. The molecular formula is C27H20Br4O2. The summed E-state index contributed by atoms with van der Waals surface area (Å²) < 4.78 is 15.8. The Morgan fingerprint density at radius 2 is 0.879 bits per heavy atom. The minimum atomic E-state index is -0.177. The maximum atomic E-state index is 6.05. The topological polar surface area (TPSA) is 18.5 Å². The van der Waals surface area contributed by atoms with E-state index in [1.54, 1.807) is 0 Å². The smallest absolute Gasteiger partial charge is 0.142 e. The summed E-state index contributed by atoms with van der Waals surface area (Å²) in [5.74, 6) is 3.11. The van der Waals surface area contributed by atoms with Crippen molar-refractivity contribution < 1.29 is 9.47 Å². The highest BCUT2D eigenvalue weighted by Gasteiger charge is 2.23. The average molecular weight is 696 g/mol. The third kappa shape index (κ3) is 5.56. The summed E-state index contributed by atoms with van der Waals surface area (Å²) in [6, 6.07) is 28.2. The van der Waals surface area contributed by atoms with E-state index in [2.05, 4.69) is 102 Å². The number of rotatable bonds is 6. The molecule has 0 heterocycles. The van der Waals surface area contributed by atoms with Crippen molar-refractivity contribution in [2.45, 2.75) is 19.3 Å². The van der Waals surface area contributed by atoms with Crippen molar-refractivity contribution in [2.24, 2.45) is 0 Å². The second-order valence-electron chi connectivity index (χ2n) is 7.98. The minimum Gasteiger partial charge on any atom is -0.456 e. The van der Waals surface area contributed by atoms with E-state index in [0.29, 0.717) is 0 Å². The molecule has 0 fully saturated rings. The lowest BCUT2D eigenvalue weighted by molar-refractivity contribution is 0.478. The fourth-order valence-corrected chi connectivity index (χ4v) is 4.81. The summed E-state index contributed by atoms with van der Waals surface area (Å²) in [6.45, 7) is 4.43. The lowest BCUT2D eigenvalue weighted by Gasteiger charge is -2.26. The summed E-state index contributed by atoms with van der Waals surface area (Å²) in [5.41, 5.74) is 2.22. The van der Waals surface area contributed by atoms with Crippen molar-refractivity contribution in [1.29, 1.82) is 0 Å². The normalized spacial score (nSPS) is 11.3. The molecular weight excluding hydrogens is 676 g/mol. The zero-order valence-electron chi connectivity index (χ0n) is 17.9. The van der Waals surface area contributed by atoms with E-state index in [4.69, 9.17) is 9.47 Å². The standard InChI is InChI=1S/C27H20Br4O2/c1-27(2,17-9-13-19(14-10-17)32-23-7-3-5-21(28)25(23)30)18-11-15-20(16-12-18)33-24-8-4-6-22(29)26(24)31/h3-16H,1-2H3. The molecule has 0 aliphatic carbocycles. The summed E-state index contributed by atoms with van der Waals surface area (Å²) in [5, 5.41) is 0. The highest BCUT2D eigenvalue weighted by atomic mass is 79.9. The first-order valence-electron chi connectivity index (χ1n) is 10.2. The van der Waals surface area contributed by atoms with Crippen LogP contribution in [0.5, 0.6) is 23.0 Å². The van der Waals surface area contributed by atoms with Gasteiger partial charge in [0, 0.05) is 14.4 Å².